The van der Waals surface area contributed by atoms with Gasteiger partial charge in [-0.3, -0.25) is 14.2 Å². The Labute approximate surface area is 161 Å². The Kier molecular flexibility index (Phi) is 5.84. The van der Waals surface area contributed by atoms with E-state index in [4.69, 9.17) is 4.74 Å². The van der Waals surface area contributed by atoms with Gasteiger partial charge in [0.2, 0.25) is 5.91 Å². The second-order valence-corrected chi connectivity index (χ2v) is 6.28. The number of hydrogen-bond donors (Lipinski definition) is 1. The molecule has 0 fully saturated rings. The molecule has 2 aromatic carbocycles. The van der Waals surface area contributed by atoms with Gasteiger partial charge in [0.25, 0.3) is 5.56 Å². The average molecular weight is 381 g/mol. The Bertz CT molecular complexity index is 1050. The number of methoxy groups -OCH3 is 1. The maximum atomic E-state index is 13.2. The van der Waals surface area contributed by atoms with Crippen molar-refractivity contribution in [2.45, 2.75) is 20.0 Å². The predicted octanol–water partition coefficient (Wildman–Crippen LogP) is 2.68. The average Bonchev–Trinajstić information content (AvgIpc) is 2.69. The molecule has 1 aromatic heterocycles. The van der Waals surface area contributed by atoms with Gasteiger partial charge in [-0.2, -0.15) is 0 Å². The van der Waals surface area contributed by atoms with E-state index in [1.807, 2.05) is 24.3 Å². The number of nitrogens with one attached hydrogen (secondary N) is 1. The molecule has 0 aliphatic heterocycles. The van der Waals surface area contributed by atoms with Gasteiger partial charge < -0.3 is 10.1 Å². The number of aromatic nitrogens is 2. The van der Waals surface area contributed by atoms with Crippen molar-refractivity contribution in [3.05, 3.63) is 82.0 Å². The Hall–Kier alpha value is -3.48. The van der Waals surface area contributed by atoms with E-state index >= 15 is 0 Å². The van der Waals surface area contributed by atoms with Crippen LogP contribution in [0.1, 0.15) is 11.3 Å². The predicted molar refractivity (Wildman–Crippen MR) is 103 cm³/mol. The van der Waals surface area contributed by atoms with Crippen LogP contribution in [0.25, 0.3) is 11.4 Å². The van der Waals surface area contributed by atoms with Crippen molar-refractivity contribution in [1.82, 2.24) is 14.9 Å². The molecule has 0 radical (unpaired) electrons. The van der Waals surface area contributed by atoms with E-state index in [2.05, 4.69) is 10.3 Å². The Morgan fingerprint density at radius 3 is 2.64 bits per heavy atom. The van der Waals surface area contributed by atoms with E-state index in [-0.39, 0.29) is 23.8 Å². The quantitative estimate of drug-likeness (QED) is 0.713. The van der Waals surface area contributed by atoms with Crippen molar-refractivity contribution < 1.29 is 13.9 Å². The summed E-state index contributed by atoms with van der Waals surface area (Å²) in [6, 6.07) is 14.3. The third-order valence-corrected chi connectivity index (χ3v) is 4.16. The van der Waals surface area contributed by atoms with Crippen LogP contribution in [-0.4, -0.2) is 22.6 Å². The summed E-state index contributed by atoms with van der Waals surface area (Å²) in [7, 11) is 1.57. The van der Waals surface area contributed by atoms with Gasteiger partial charge in [0.05, 0.1) is 7.11 Å². The zero-order valence-electron chi connectivity index (χ0n) is 15.6. The first kappa shape index (κ1) is 19.3. The van der Waals surface area contributed by atoms with Gasteiger partial charge in [-0.25, -0.2) is 9.37 Å². The summed E-state index contributed by atoms with van der Waals surface area (Å²) < 4.78 is 19.7. The fourth-order valence-corrected chi connectivity index (χ4v) is 2.78. The van der Waals surface area contributed by atoms with E-state index in [9.17, 15) is 14.0 Å². The molecule has 0 atom stereocenters. The Balaban J connectivity index is 1.80. The third kappa shape index (κ3) is 4.62. The number of aryl methyl sites for hydroxylation is 1. The zero-order chi connectivity index (χ0) is 20.1. The van der Waals surface area contributed by atoms with E-state index in [0.717, 1.165) is 5.56 Å². The normalized spacial score (nSPS) is 10.5. The number of nitrogens with zero attached hydrogens (tertiary/aromatic N) is 2. The van der Waals surface area contributed by atoms with Crippen LogP contribution in [-0.2, 0) is 17.9 Å². The van der Waals surface area contributed by atoms with E-state index < -0.39 is 0 Å². The van der Waals surface area contributed by atoms with Crippen LogP contribution >= 0.6 is 0 Å². The molecule has 28 heavy (non-hydrogen) atoms. The standard InChI is InChI=1S/C21H20FN3O3/c1-14-10-20(27)25(21(24-14)16-6-8-17(22)9-7-16)13-19(26)23-12-15-4-3-5-18(11-15)28-2/h3-11H,12-13H2,1-2H3,(H,23,26). The van der Waals surface area contributed by atoms with Crippen LogP contribution in [0.2, 0.25) is 0 Å². The Morgan fingerprint density at radius 1 is 1.18 bits per heavy atom. The molecule has 7 heteroatoms. The summed E-state index contributed by atoms with van der Waals surface area (Å²) in [6.07, 6.45) is 0. The summed E-state index contributed by atoms with van der Waals surface area (Å²) in [4.78, 5) is 29.2. The van der Waals surface area contributed by atoms with Crippen molar-refractivity contribution in [3.8, 4) is 17.1 Å². The fraction of sp³-hybridized carbons (Fsp3) is 0.190. The molecule has 1 N–H and O–H groups in total. The molecular formula is C21H20FN3O3. The highest BCUT2D eigenvalue weighted by Crippen LogP contribution is 2.17. The van der Waals surface area contributed by atoms with Gasteiger partial charge in [-0.1, -0.05) is 12.1 Å². The van der Waals surface area contributed by atoms with Gasteiger partial charge >= 0.3 is 0 Å². The number of ether oxygens (including phenoxy) is 1. The number of amides is 1. The summed E-state index contributed by atoms with van der Waals surface area (Å²) in [6.45, 7) is 1.81. The maximum absolute atomic E-state index is 13.2. The molecule has 0 aliphatic carbocycles. The first-order chi connectivity index (χ1) is 13.5. The van der Waals surface area contributed by atoms with Crippen LogP contribution < -0.4 is 15.6 Å². The Morgan fingerprint density at radius 2 is 1.93 bits per heavy atom. The molecule has 0 saturated carbocycles. The van der Waals surface area contributed by atoms with Crippen LogP contribution in [0.4, 0.5) is 4.39 Å². The highest BCUT2D eigenvalue weighted by Gasteiger charge is 2.13. The molecule has 1 amide bonds. The smallest absolute Gasteiger partial charge is 0.254 e. The zero-order valence-corrected chi connectivity index (χ0v) is 15.6. The lowest BCUT2D eigenvalue weighted by atomic mass is 10.2. The summed E-state index contributed by atoms with van der Waals surface area (Å²) in [5.41, 5.74) is 1.62. The van der Waals surface area contributed by atoms with Gasteiger partial charge in [0, 0.05) is 23.9 Å². The number of rotatable bonds is 6. The topological polar surface area (TPSA) is 73.2 Å². The second-order valence-electron chi connectivity index (χ2n) is 6.28. The number of carbonyl (C=O) groups excluding carboxylic acids is 1. The molecule has 0 spiro atoms. The van der Waals surface area contributed by atoms with Gasteiger partial charge in [-0.15, -0.1) is 0 Å². The van der Waals surface area contributed by atoms with Gasteiger partial charge in [-0.05, 0) is 48.9 Å². The molecule has 0 bridgehead atoms. The van der Waals surface area contributed by atoms with Gasteiger partial charge in [0.15, 0.2) is 0 Å². The molecule has 3 aromatic rings. The van der Waals surface area contributed by atoms with Gasteiger partial charge in [0.1, 0.15) is 23.9 Å². The van der Waals surface area contributed by atoms with Crippen LogP contribution in [0.5, 0.6) is 5.75 Å². The van der Waals surface area contributed by atoms with Crippen molar-refractivity contribution in [1.29, 1.82) is 0 Å². The van der Waals surface area contributed by atoms with Crippen molar-refractivity contribution in [2.24, 2.45) is 0 Å². The lowest BCUT2D eigenvalue weighted by Crippen LogP contribution is -2.33. The minimum Gasteiger partial charge on any atom is -0.497 e. The summed E-state index contributed by atoms with van der Waals surface area (Å²) >= 11 is 0. The number of hydrogen-bond acceptors (Lipinski definition) is 4. The van der Waals surface area contributed by atoms with E-state index in [0.29, 0.717) is 29.4 Å². The van der Waals surface area contributed by atoms with Crippen molar-refractivity contribution in [3.63, 3.8) is 0 Å². The largest absolute Gasteiger partial charge is 0.497 e. The monoisotopic (exact) mass is 381 g/mol. The molecule has 0 aliphatic rings. The van der Waals surface area contributed by atoms with E-state index in [1.54, 1.807) is 14.0 Å². The number of halogens is 1. The molecule has 1 heterocycles. The fourth-order valence-electron chi connectivity index (χ4n) is 2.78. The van der Waals surface area contributed by atoms with Crippen molar-refractivity contribution >= 4 is 5.91 Å². The highest BCUT2D eigenvalue weighted by atomic mass is 19.1. The summed E-state index contributed by atoms with van der Waals surface area (Å²) in [5, 5.41) is 2.79. The first-order valence-corrected chi connectivity index (χ1v) is 8.70. The minimum absolute atomic E-state index is 0.192. The molecule has 144 valence electrons. The maximum Gasteiger partial charge on any atom is 0.254 e. The number of benzene rings is 2. The molecule has 0 saturated heterocycles. The molecule has 3 rings (SSSR count). The second kappa shape index (κ2) is 8.47. The SMILES string of the molecule is COc1cccc(CNC(=O)Cn2c(-c3ccc(F)cc3)nc(C)cc2=O)c1. The van der Waals surface area contributed by atoms with Crippen LogP contribution in [0, 0.1) is 12.7 Å². The van der Waals surface area contributed by atoms with Crippen LogP contribution in [0.3, 0.4) is 0 Å². The summed E-state index contributed by atoms with van der Waals surface area (Å²) in [5.74, 6) is 0.297. The lowest BCUT2D eigenvalue weighted by molar-refractivity contribution is -0.121. The first-order valence-electron chi connectivity index (χ1n) is 8.70. The van der Waals surface area contributed by atoms with Crippen LogP contribution in [0.15, 0.2) is 59.4 Å². The lowest BCUT2D eigenvalue weighted by Gasteiger charge is -2.13. The number of carbonyl (C=O) groups is 1. The highest BCUT2D eigenvalue weighted by molar-refractivity contribution is 5.76. The molecular weight excluding hydrogens is 361 g/mol. The third-order valence-electron chi connectivity index (χ3n) is 4.16. The molecule has 0 unspecified atom stereocenters. The molecule has 6 nitrogen and oxygen atoms in total. The van der Waals surface area contributed by atoms with E-state index in [1.165, 1.54) is 34.9 Å². The minimum atomic E-state index is -0.388. The van der Waals surface area contributed by atoms with Crippen molar-refractivity contribution in [2.75, 3.05) is 7.11 Å².